The van der Waals surface area contributed by atoms with E-state index in [4.69, 9.17) is 16.5 Å². The molecule has 7 rings (SSSR count). The van der Waals surface area contributed by atoms with E-state index in [9.17, 15) is 19.2 Å². The van der Waals surface area contributed by atoms with Gasteiger partial charge in [0, 0.05) is 71.0 Å². The Morgan fingerprint density at radius 3 is 2.37 bits per heavy atom. The van der Waals surface area contributed by atoms with Gasteiger partial charge in [0.15, 0.2) is 5.82 Å². The van der Waals surface area contributed by atoms with E-state index >= 15 is 0 Å². The molecule has 0 spiro atoms. The minimum absolute atomic E-state index is 0.116. The van der Waals surface area contributed by atoms with Crippen LogP contribution in [0.15, 0.2) is 82.6 Å². The number of nitrogens with two attached hydrogens (primary N) is 2. The maximum atomic E-state index is 13.4. The first-order valence-corrected chi connectivity index (χ1v) is 20.2. The maximum Gasteiger partial charge on any atom is 0.329 e. The summed E-state index contributed by atoms with van der Waals surface area (Å²) in [6, 6.07) is 14.4. The standard InChI is InChI=1S/C44H51N11O4/c1-29-9-13-31(14-10-29)39(46)35(50-42(57)34(26-45)41-47-19-5-20-48-41)27-49-33-15-11-30(12-16-33)28-54-24-22-53(23-25-54)21-4-7-32-6-3-8-36-40(32)52(2)44(59)55(36)37-17-18-38(56)51-43(37)58/h3,5-6,8-10,13-14,19-20,26-27,30,33,37H,11-12,15-18,21-25,28,45-46H2,1-2H3,(H,50,57)(H,51,56,58)/b34-26+,39-35+,49-27?. The Labute approximate surface area is 343 Å². The Morgan fingerprint density at radius 2 is 1.68 bits per heavy atom. The maximum absolute atomic E-state index is 13.4. The van der Waals surface area contributed by atoms with E-state index in [1.165, 1.54) is 15.3 Å². The number of nitrogens with zero attached hydrogens (tertiary/aromatic N) is 7. The number of benzene rings is 2. The lowest BCUT2D eigenvalue weighted by molar-refractivity contribution is -0.135. The molecule has 4 aromatic rings. The molecule has 59 heavy (non-hydrogen) atoms. The van der Waals surface area contributed by atoms with E-state index in [1.54, 1.807) is 31.7 Å². The number of aryl methyl sites for hydroxylation is 2. The number of hydrogen-bond acceptors (Lipinski definition) is 11. The number of aliphatic imine (C=N–C) groups is 1. The predicted octanol–water partition coefficient (Wildman–Crippen LogP) is 2.46. The molecular formula is C44H51N11O4. The summed E-state index contributed by atoms with van der Waals surface area (Å²) in [7, 11) is 1.69. The summed E-state index contributed by atoms with van der Waals surface area (Å²) in [5.41, 5.74) is 17.0. The van der Waals surface area contributed by atoms with Crippen molar-refractivity contribution in [2.45, 2.75) is 57.5 Å². The molecule has 3 fully saturated rings. The average molecular weight is 798 g/mol. The van der Waals surface area contributed by atoms with E-state index in [1.807, 2.05) is 49.4 Å². The van der Waals surface area contributed by atoms with Crippen molar-refractivity contribution in [3.05, 3.63) is 106 Å². The summed E-state index contributed by atoms with van der Waals surface area (Å²) in [5.74, 6) is 6.17. The zero-order valence-electron chi connectivity index (χ0n) is 33.6. The number of nitrogens with one attached hydrogen (secondary N) is 2. The Kier molecular flexibility index (Phi) is 12.8. The first-order valence-electron chi connectivity index (χ1n) is 20.2. The highest BCUT2D eigenvalue weighted by Gasteiger charge is 2.32. The van der Waals surface area contributed by atoms with Crippen LogP contribution in [0.2, 0.25) is 0 Å². The smallest absolute Gasteiger partial charge is 0.329 e. The van der Waals surface area contributed by atoms with Crippen LogP contribution in [0.5, 0.6) is 0 Å². The van der Waals surface area contributed by atoms with Crippen LogP contribution in [-0.4, -0.2) is 98.1 Å². The molecule has 3 aliphatic rings. The van der Waals surface area contributed by atoms with Gasteiger partial charge in [-0.05, 0) is 68.7 Å². The number of piperidine rings is 1. The molecule has 15 nitrogen and oxygen atoms in total. The molecule has 0 bridgehead atoms. The summed E-state index contributed by atoms with van der Waals surface area (Å²) in [6.07, 6.45) is 10.5. The Hall–Kier alpha value is -6.37. The number of piperazine rings is 1. The van der Waals surface area contributed by atoms with Crippen molar-refractivity contribution in [1.29, 1.82) is 0 Å². The van der Waals surface area contributed by atoms with Gasteiger partial charge in [-0.15, -0.1) is 0 Å². The second-order valence-electron chi connectivity index (χ2n) is 15.5. The minimum atomic E-state index is -0.733. The van der Waals surface area contributed by atoms with E-state index in [-0.39, 0.29) is 41.9 Å². The third-order valence-electron chi connectivity index (χ3n) is 11.5. The molecule has 2 aliphatic heterocycles. The zero-order valence-corrected chi connectivity index (χ0v) is 33.6. The Morgan fingerprint density at radius 1 is 0.966 bits per heavy atom. The van der Waals surface area contributed by atoms with Gasteiger partial charge in [0.2, 0.25) is 11.8 Å². The third kappa shape index (κ3) is 9.51. The van der Waals surface area contributed by atoms with Crippen molar-refractivity contribution in [1.82, 2.24) is 39.5 Å². The molecule has 306 valence electrons. The van der Waals surface area contributed by atoms with Crippen LogP contribution in [0, 0.1) is 24.7 Å². The second kappa shape index (κ2) is 18.5. The van der Waals surface area contributed by atoms with Crippen LogP contribution in [-0.2, 0) is 21.4 Å². The number of fused-ring (bicyclic) bond motifs is 1. The van der Waals surface area contributed by atoms with Crippen molar-refractivity contribution in [2.75, 3.05) is 39.3 Å². The van der Waals surface area contributed by atoms with Crippen LogP contribution >= 0.6 is 0 Å². The lowest BCUT2D eigenvalue weighted by atomic mass is 9.86. The molecule has 2 aromatic carbocycles. The highest BCUT2D eigenvalue weighted by molar-refractivity contribution is 6.20. The number of para-hydroxylation sites is 1. The lowest BCUT2D eigenvalue weighted by Crippen LogP contribution is -2.48. The molecule has 15 heteroatoms. The molecule has 0 radical (unpaired) electrons. The fourth-order valence-corrected chi connectivity index (χ4v) is 8.10. The fraction of sp³-hybridized carbons (Fsp3) is 0.386. The molecule has 2 saturated heterocycles. The number of amides is 3. The molecule has 6 N–H and O–H groups in total. The second-order valence-corrected chi connectivity index (χ2v) is 15.5. The summed E-state index contributed by atoms with van der Waals surface area (Å²) in [4.78, 5) is 69.2. The van der Waals surface area contributed by atoms with Crippen LogP contribution in [0.25, 0.3) is 22.3 Å². The van der Waals surface area contributed by atoms with Gasteiger partial charge in [0.25, 0.3) is 5.91 Å². The van der Waals surface area contributed by atoms with Gasteiger partial charge >= 0.3 is 5.69 Å². The first-order chi connectivity index (χ1) is 28.6. The van der Waals surface area contributed by atoms with E-state index < -0.39 is 17.9 Å². The van der Waals surface area contributed by atoms with Crippen molar-refractivity contribution in [3.8, 4) is 11.8 Å². The number of allylic oxidation sites excluding steroid dienone is 1. The summed E-state index contributed by atoms with van der Waals surface area (Å²) in [5, 5.41) is 5.28. The number of aromatic nitrogens is 4. The lowest BCUT2D eigenvalue weighted by Gasteiger charge is -2.37. The van der Waals surface area contributed by atoms with Crippen LogP contribution < -0.4 is 27.8 Å². The molecule has 4 heterocycles. The van der Waals surface area contributed by atoms with Gasteiger partial charge in [0.05, 0.1) is 46.2 Å². The molecule has 3 amide bonds. The van der Waals surface area contributed by atoms with E-state index in [0.717, 1.165) is 75.1 Å². The number of carbonyl (C=O) groups is 3. The SMILES string of the molecule is Cc1ccc(/C(N)=C(/C=NC2CCC(CN3CCN(CC#Cc4cccc5c4n(C)c(=O)n5C4CCC(=O)NC4=O)CC3)CC2)NC(=O)/C(=C/N)c2ncccn2)cc1. The minimum Gasteiger partial charge on any atom is -0.404 e. The van der Waals surface area contributed by atoms with Crippen LogP contribution in [0.4, 0.5) is 0 Å². The quantitative estimate of drug-likeness (QED) is 0.0801. The van der Waals surface area contributed by atoms with Crippen molar-refractivity contribution in [2.24, 2.45) is 29.4 Å². The Bertz CT molecular complexity index is 2410. The highest BCUT2D eigenvalue weighted by atomic mass is 16.2. The Balaban J connectivity index is 0.913. The van der Waals surface area contributed by atoms with Crippen LogP contribution in [0.1, 0.15) is 67.1 Å². The molecular weight excluding hydrogens is 747 g/mol. The monoisotopic (exact) mass is 797 g/mol. The van der Waals surface area contributed by atoms with Gasteiger partial charge in [0.1, 0.15) is 6.04 Å². The number of imidazole rings is 1. The largest absolute Gasteiger partial charge is 0.404 e. The molecule has 1 saturated carbocycles. The van der Waals surface area contributed by atoms with Gasteiger partial charge < -0.3 is 21.7 Å². The highest BCUT2D eigenvalue weighted by Crippen LogP contribution is 2.28. The number of imide groups is 1. The summed E-state index contributed by atoms with van der Waals surface area (Å²) in [6.45, 7) is 7.45. The molecule has 1 aliphatic carbocycles. The van der Waals surface area contributed by atoms with Gasteiger partial charge in [-0.1, -0.05) is 47.7 Å². The van der Waals surface area contributed by atoms with E-state index in [2.05, 4.69) is 42.2 Å². The molecule has 1 atom stereocenters. The number of rotatable bonds is 10. The van der Waals surface area contributed by atoms with Crippen LogP contribution in [0.3, 0.4) is 0 Å². The third-order valence-corrected chi connectivity index (χ3v) is 11.5. The number of hydrogen-bond donors (Lipinski definition) is 4. The molecule has 2 aromatic heterocycles. The average Bonchev–Trinajstić information content (AvgIpc) is 3.50. The van der Waals surface area contributed by atoms with Crippen molar-refractivity contribution in [3.63, 3.8) is 0 Å². The van der Waals surface area contributed by atoms with Gasteiger partial charge in [-0.2, -0.15) is 0 Å². The van der Waals surface area contributed by atoms with Crippen molar-refractivity contribution < 1.29 is 14.4 Å². The zero-order chi connectivity index (χ0) is 41.5. The predicted molar refractivity (Wildman–Crippen MR) is 227 cm³/mol. The topological polar surface area (TPSA) is 199 Å². The normalized spacial score (nSPS) is 21.2. The first kappa shape index (κ1) is 40.8. The summed E-state index contributed by atoms with van der Waals surface area (Å²) >= 11 is 0. The van der Waals surface area contributed by atoms with Gasteiger partial charge in [-0.25, -0.2) is 14.8 Å². The van der Waals surface area contributed by atoms with Crippen molar-refractivity contribution >= 4 is 46.2 Å². The summed E-state index contributed by atoms with van der Waals surface area (Å²) < 4.78 is 3.03. The molecule has 1 unspecified atom stereocenters. The fourth-order valence-electron chi connectivity index (χ4n) is 8.10. The van der Waals surface area contributed by atoms with Gasteiger partial charge in [-0.3, -0.25) is 38.7 Å². The number of carbonyl (C=O) groups excluding carboxylic acids is 3. The van der Waals surface area contributed by atoms with E-state index in [0.29, 0.717) is 34.9 Å².